The van der Waals surface area contributed by atoms with E-state index in [4.69, 9.17) is 4.42 Å². The Hall–Kier alpha value is -3.12. The molecule has 0 unspecified atom stereocenters. The molecule has 1 atom stereocenters. The van der Waals surface area contributed by atoms with E-state index in [-0.39, 0.29) is 11.2 Å². The molecule has 0 radical (unpaired) electrons. The maximum atomic E-state index is 13.1. The summed E-state index contributed by atoms with van der Waals surface area (Å²) in [4.78, 5) is 14.7. The average molecular weight is 375 g/mol. The van der Waals surface area contributed by atoms with Crippen molar-refractivity contribution in [1.82, 2.24) is 0 Å². The standard InChI is InChI=1S/C21H17N3O2S/c25-20-19(14-16-8-3-1-4-9-16)27-21(23-22-15-18-12-7-13-26-18)24(20)17-10-5-2-6-11-17/h1-13,15,19H,14H2/t19-/m0/s1. The molecule has 0 spiro atoms. The molecule has 4 rings (SSSR count). The molecule has 0 saturated carbocycles. The highest BCUT2D eigenvalue weighted by atomic mass is 32.2. The number of anilines is 1. The quantitative estimate of drug-likeness (QED) is 0.492. The maximum absolute atomic E-state index is 13.1. The third-order valence-electron chi connectivity index (χ3n) is 4.08. The summed E-state index contributed by atoms with van der Waals surface area (Å²) in [6.45, 7) is 0. The number of benzene rings is 2. The van der Waals surface area contributed by atoms with Crippen LogP contribution in [0.2, 0.25) is 0 Å². The number of para-hydroxylation sites is 1. The number of rotatable bonds is 5. The summed E-state index contributed by atoms with van der Waals surface area (Å²) in [5, 5.41) is 8.73. The van der Waals surface area contributed by atoms with Gasteiger partial charge in [-0.1, -0.05) is 60.3 Å². The summed E-state index contributed by atoms with van der Waals surface area (Å²) >= 11 is 1.44. The molecule has 3 aromatic rings. The molecular weight excluding hydrogens is 358 g/mol. The lowest BCUT2D eigenvalue weighted by Crippen LogP contribution is -2.32. The minimum Gasteiger partial charge on any atom is -0.463 e. The van der Waals surface area contributed by atoms with Crippen molar-refractivity contribution >= 4 is 34.7 Å². The lowest BCUT2D eigenvalue weighted by atomic mass is 10.1. The molecule has 27 heavy (non-hydrogen) atoms. The first kappa shape index (κ1) is 17.3. The fraction of sp³-hybridized carbons (Fsp3) is 0.0952. The Kier molecular flexibility index (Phi) is 5.16. The van der Waals surface area contributed by atoms with Crippen LogP contribution in [0.1, 0.15) is 11.3 Å². The number of amides is 1. The van der Waals surface area contributed by atoms with Gasteiger partial charge in [-0.15, -0.1) is 5.10 Å². The normalized spacial score (nSPS) is 18.7. The predicted octanol–water partition coefficient (Wildman–Crippen LogP) is 4.36. The van der Waals surface area contributed by atoms with E-state index >= 15 is 0 Å². The molecule has 6 heteroatoms. The molecule has 1 aliphatic rings. The third kappa shape index (κ3) is 4.01. The van der Waals surface area contributed by atoms with Crippen LogP contribution in [-0.2, 0) is 11.2 Å². The van der Waals surface area contributed by atoms with Crippen molar-refractivity contribution in [3.05, 3.63) is 90.4 Å². The zero-order valence-electron chi connectivity index (χ0n) is 14.4. The van der Waals surface area contributed by atoms with Crippen molar-refractivity contribution in [1.29, 1.82) is 0 Å². The smallest absolute Gasteiger partial charge is 0.247 e. The van der Waals surface area contributed by atoms with E-state index in [2.05, 4.69) is 10.2 Å². The second-order valence-corrected chi connectivity index (χ2v) is 7.12. The van der Waals surface area contributed by atoms with Gasteiger partial charge in [-0.3, -0.25) is 9.69 Å². The Bertz CT molecular complexity index is 954. The van der Waals surface area contributed by atoms with E-state index in [0.717, 1.165) is 11.3 Å². The van der Waals surface area contributed by atoms with Crippen LogP contribution in [0.15, 0.2) is 93.7 Å². The summed E-state index contributed by atoms with van der Waals surface area (Å²) in [6.07, 6.45) is 3.76. The summed E-state index contributed by atoms with van der Waals surface area (Å²) in [7, 11) is 0. The highest BCUT2D eigenvalue weighted by Gasteiger charge is 2.39. The summed E-state index contributed by atoms with van der Waals surface area (Å²) < 4.78 is 5.23. The van der Waals surface area contributed by atoms with Crippen LogP contribution in [0.3, 0.4) is 0 Å². The summed E-state index contributed by atoms with van der Waals surface area (Å²) in [5.41, 5.74) is 1.91. The minimum atomic E-state index is -0.231. The number of nitrogens with zero attached hydrogens (tertiary/aromatic N) is 3. The van der Waals surface area contributed by atoms with E-state index in [9.17, 15) is 4.79 Å². The van der Waals surface area contributed by atoms with Crippen LogP contribution >= 0.6 is 11.8 Å². The van der Waals surface area contributed by atoms with Crippen molar-refractivity contribution in [3.8, 4) is 0 Å². The number of hydrogen-bond donors (Lipinski definition) is 0. The highest BCUT2D eigenvalue weighted by molar-refractivity contribution is 8.16. The van der Waals surface area contributed by atoms with E-state index in [1.807, 2.05) is 60.7 Å². The van der Waals surface area contributed by atoms with Gasteiger partial charge < -0.3 is 4.42 Å². The Morgan fingerprint density at radius 1 is 1.00 bits per heavy atom. The molecule has 0 aliphatic carbocycles. The van der Waals surface area contributed by atoms with E-state index in [1.165, 1.54) is 18.0 Å². The van der Waals surface area contributed by atoms with Crippen molar-refractivity contribution in [3.63, 3.8) is 0 Å². The number of hydrogen-bond acceptors (Lipinski definition) is 5. The molecule has 2 heterocycles. The number of carbonyl (C=O) groups is 1. The fourth-order valence-corrected chi connectivity index (χ4v) is 3.94. The second-order valence-electron chi connectivity index (χ2n) is 5.95. The number of furan rings is 1. The highest BCUT2D eigenvalue weighted by Crippen LogP contribution is 2.33. The first-order chi connectivity index (χ1) is 13.3. The minimum absolute atomic E-state index is 0.0157. The van der Waals surface area contributed by atoms with Crippen LogP contribution in [0.4, 0.5) is 5.69 Å². The van der Waals surface area contributed by atoms with Crippen LogP contribution < -0.4 is 4.90 Å². The van der Waals surface area contributed by atoms with E-state index in [1.54, 1.807) is 23.3 Å². The van der Waals surface area contributed by atoms with Crippen molar-refractivity contribution in [2.24, 2.45) is 10.2 Å². The largest absolute Gasteiger partial charge is 0.463 e. The van der Waals surface area contributed by atoms with Gasteiger partial charge in [0.05, 0.1) is 23.4 Å². The molecule has 1 amide bonds. The monoisotopic (exact) mass is 375 g/mol. The lowest BCUT2D eigenvalue weighted by Gasteiger charge is -2.15. The zero-order chi connectivity index (χ0) is 18.5. The van der Waals surface area contributed by atoms with Gasteiger partial charge in [0.1, 0.15) is 5.76 Å². The van der Waals surface area contributed by atoms with Crippen LogP contribution in [-0.4, -0.2) is 22.5 Å². The Balaban J connectivity index is 1.61. The van der Waals surface area contributed by atoms with Gasteiger partial charge >= 0.3 is 0 Å². The van der Waals surface area contributed by atoms with E-state index < -0.39 is 0 Å². The molecular formula is C21H17N3O2S. The lowest BCUT2D eigenvalue weighted by molar-refractivity contribution is -0.116. The first-order valence-electron chi connectivity index (χ1n) is 8.55. The average Bonchev–Trinajstić information content (AvgIpc) is 3.32. The molecule has 5 nitrogen and oxygen atoms in total. The number of thioether (sulfide) groups is 1. The molecule has 134 valence electrons. The van der Waals surface area contributed by atoms with Gasteiger partial charge in [0, 0.05) is 0 Å². The molecule has 1 fully saturated rings. The van der Waals surface area contributed by atoms with Crippen molar-refractivity contribution in [2.75, 3.05) is 4.90 Å². The van der Waals surface area contributed by atoms with Gasteiger partial charge in [0.2, 0.25) is 5.91 Å². The van der Waals surface area contributed by atoms with E-state index in [0.29, 0.717) is 17.3 Å². The van der Waals surface area contributed by atoms with Crippen molar-refractivity contribution in [2.45, 2.75) is 11.7 Å². The Morgan fingerprint density at radius 2 is 1.74 bits per heavy atom. The molecule has 1 aliphatic heterocycles. The summed E-state index contributed by atoms with van der Waals surface area (Å²) in [6, 6.07) is 23.1. The third-order valence-corrected chi connectivity index (χ3v) is 5.21. The van der Waals surface area contributed by atoms with Gasteiger partial charge in [0.25, 0.3) is 0 Å². The number of carbonyl (C=O) groups excluding carboxylic acids is 1. The second kappa shape index (κ2) is 8.05. The summed E-state index contributed by atoms with van der Waals surface area (Å²) in [5.74, 6) is 0.628. The fourth-order valence-electron chi connectivity index (χ4n) is 2.81. The topological polar surface area (TPSA) is 58.2 Å². The van der Waals surface area contributed by atoms with Crippen LogP contribution in [0.25, 0.3) is 0 Å². The van der Waals surface area contributed by atoms with Crippen LogP contribution in [0, 0.1) is 0 Å². The molecule has 2 aromatic carbocycles. The Morgan fingerprint density at radius 3 is 2.44 bits per heavy atom. The molecule has 1 saturated heterocycles. The van der Waals surface area contributed by atoms with Gasteiger partial charge in [0.15, 0.2) is 5.17 Å². The molecule has 0 N–H and O–H groups in total. The van der Waals surface area contributed by atoms with Gasteiger partial charge in [-0.25, -0.2) is 0 Å². The Labute approximate surface area is 161 Å². The molecule has 0 bridgehead atoms. The van der Waals surface area contributed by atoms with Gasteiger partial charge in [-0.2, -0.15) is 5.10 Å². The van der Waals surface area contributed by atoms with Crippen molar-refractivity contribution < 1.29 is 9.21 Å². The van der Waals surface area contributed by atoms with Gasteiger partial charge in [-0.05, 0) is 36.2 Å². The SMILES string of the molecule is O=C1[C@H](Cc2ccccc2)SC(=NN=Cc2ccco2)N1c1ccccc1. The molecule has 1 aromatic heterocycles. The predicted molar refractivity (Wildman–Crippen MR) is 109 cm³/mol. The maximum Gasteiger partial charge on any atom is 0.247 e. The first-order valence-corrected chi connectivity index (χ1v) is 9.43. The van der Waals surface area contributed by atoms with Crippen LogP contribution in [0.5, 0.6) is 0 Å². The number of amidine groups is 1. The zero-order valence-corrected chi connectivity index (χ0v) is 15.3.